The average Bonchev–Trinajstić information content (AvgIpc) is 2.52. The van der Waals surface area contributed by atoms with Crippen LogP contribution >= 0.6 is 15.9 Å². The van der Waals surface area contributed by atoms with Crippen LogP contribution < -0.4 is 10.1 Å². The van der Waals surface area contributed by atoms with Crippen molar-refractivity contribution in [1.82, 2.24) is 5.32 Å². The van der Waals surface area contributed by atoms with E-state index in [4.69, 9.17) is 4.74 Å². The Kier molecular flexibility index (Phi) is 7.05. The van der Waals surface area contributed by atoms with Gasteiger partial charge in [0.05, 0.1) is 7.11 Å². The summed E-state index contributed by atoms with van der Waals surface area (Å²) in [5, 5.41) is 3.73. The fourth-order valence-electron chi connectivity index (χ4n) is 3.37. The zero-order valence-electron chi connectivity index (χ0n) is 13.3. The minimum Gasteiger partial charge on any atom is -0.496 e. The third kappa shape index (κ3) is 5.00. The maximum Gasteiger partial charge on any atom is 0.124 e. The number of nitrogens with one attached hydrogen (secondary N) is 1. The molecule has 0 aliphatic heterocycles. The van der Waals surface area contributed by atoms with Crippen LogP contribution in [0.3, 0.4) is 0 Å². The molecular weight excluding hydrogens is 326 g/mol. The Morgan fingerprint density at radius 3 is 2.71 bits per heavy atom. The molecule has 0 spiro atoms. The van der Waals surface area contributed by atoms with E-state index in [0.29, 0.717) is 6.04 Å². The molecule has 1 aliphatic rings. The van der Waals surface area contributed by atoms with Crippen molar-refractivity contribution in [3.8, 4) is 5.75 Å². The Labute approximate surface area is 137 Å². The zero-order valence-corrected chi connectivity index (χ0v) is 14.9. The van der Waals surface area contributed by atoms with Crippen molar-refractivity contribution in [3.05, 3.63) is 28.2 Å². The van der Waals surface area contributed by atoms with Crippen molar-refractivity contribution in [2.75, 3.05) is 13.7 Å². The predicted molar refractivity (Wildman–Crippen MR) is 92.9 cm³/mol. The molecule has 1 aliphatic carbocycles. The lowest BCUT2D eigenvalue weighted by molar-refractivity contribution is 0.295. The van der Waals surface area contributed by atoms with Crippen molar-refractivity contribution >= 4 is 15.9 Å². The van der Waals surface area contributed by atoms with Crippen LogP contribution in [0.15, 0.2) is 22.7 Å². The van der Waals surface area contributed by atoms with Gasteiger partial charge >= 0.3 is 0 Å². The van der Waals surface area contributed by atoms with Crippen LogP contribution in [-0.4, -0.2) is 13.7 Å². The third-order valence-corrected chi connectivity index (χ3v) is 5.00. The summed E-state index contributed by atoms with van der Waals surface area (Å²) in [7, 11) is 1.77. The summed E-state index contributed by atoms with van der Waals surface area (Å²) < 4.78 is 6.68. The van der Waals surface area contributed by atoms with Gasteiger partial charge < -0.3 is 10.1 Å². The number of halogens is 1. The number of rotatable bonds is 7. The van der Waals surface area contributed by atoms with Crippen LogP contribution in [0.25, 0.3) is 0 Å². The minimum absolute atomic E-state index is 0.413. The highest BCUT2D eigenvalue weighted by atomic mass is 79.9. The molecule has 0 heterocycles. The van der Waals surface area contributed by atoms with E-state index in [1.165, 1.54) is 50.5 Å². The second-order valence-electron chi connectivity index (χ2n) is 6.13. The topological polar surface area (TPSA) is 21.3 Å². The van der Waals surface area contributed by atoms with Gasteiger partial charge in [0.25, 0.3) is 0 Å². The van der Waals surface area contributed by atoms with Gasteiger partial charge in [-0.3, -0.25) is 0 Å². The highest BCUT2D eigenvalue weighted by Crippen LogP contribution is 2.36. The van der Waals surface area contributed by atoms with Gasteiger partial charge in [-0.2, -0.15) is 0 Å². The second-order valence-corrected chi connectivity index (χ2v) is 7.05. The van der Waals surface area contributed by atoms with Crippen molar-refractivity contribution in [1.29, 1.82) is 0 Å². The van der Waals surface area contributed by atoms with Gasteiger partial charge in [0.15, 0.2) is 0 Å². The van der Waals surface area contributed by atoms with Crippen LogP contribution in [-0.2, 0) is 0 Å². The van der Waals surface area contributed by atoms with Gasteiger partial charge in [-0.25, -0.2) is 0 Å². The lowest BCUT2D eigenvalue weighted by Crippen LogP contribution is -2.25. The summed E-state index contributed by atoms with van der Waals surface area (Å²) in [6.07, 6.45) is 9.42. The van der Waals surface area contributed by atoms with Crippen LogP contribution in [0.4, 0.5) is 0 Å². The van der Waals surface area contributed by atoms with E-state index in [0.717, 1.165) is 22.7 Å². The van der Waals surface area contributed by atoms with E-state index in [9.17, 15) is 0 Å². The molecule has 1 aromatic rings. The highest BCUT2D eigenvalue weighted by molar-refractivity contribution is 9.10. The molecule has 21 heavy (non-hydrogen) atoms. The quantitative estimate of drug-likeness (QED) is 0.701. The molecule has 0 aromatic heterocycles. The number of hydrogen-bond donors (Lipinski definition) is 1. The fraction of sp³-hybridized carbons (Fsp3) is 0.667. The second kappa shape index (κ2) is 8.79. The van der Waals surface area contributed by atoms with Crippen LogP contribution in [0.5, 0.6) is 5.75 Å². The van der Waals surface area contributed by atoms with Crippen molar-refractivity contribution < 1.29 is 4.74 Å². The van der Waals surface area contributed by atoms with Gasteiger partial charge in [0.2, 0.25) is 0 Å². The number of methoxy groups -OCH3 is 1. The van der Waals surface area contributed by atoms with Gasteiger partial charge in [-0.15, -0.1) is 0 Å². The molecule has 0 bridgehead atoms. The first kappa shape index (κ1) is 16.8. The average molecular weight is 354 g/mol. The summed E-state index contributed by atoms with van der Waals surface area (Å²) in [5.74, 6) is 1.86. The molecule has 0 amide bonds. The van der Waals surface area contributed by atoms with Crippen LogP contribution in [0, 0.1) is 5.92 Å². The third-order valence-electron chi connectivity index (χ3n) is 4.51. The van der Waals surface area contributed by atoms with E-state index in [1.807, 2.05) is 0 Å². The predicted octanol–water partition coefficient (Wildman–Crippen LogP) is 5.47. The largest absolute Gasteiger partial charge is 0.496 e. The molecule has 1 atom stereocenters. The molecule has 1 unspecified atom stereocenters. The summed E-state index contributed by atoms with van der Waals surface area (Å²) >= 11 is 3.54. The van der Waals surface area contributed by atoms with Crippen LogP contribution in [0.2, 0.25) is 0 Å². The van der Waals surface area contributed by atoms with Crippen molar-refractivity contribution in [2.45, 2.75) is 57.9 Å². The molecular formula is C18H28BrNO. The molecule has 118 valence electrons. The fourth-order valence-corrected chi connectivity index (χ4v) is 3.71. The normalized spacial score (nSPS) is 17.7. The summed E-state index contributed by atoms with van der Waals surface area (Å²) in [6, 6.07) is 6.83. The lowest BCUT2D eigenvalue weighted by Gasteiger charge is -2.28. The van der Waals surface area contributed by atoms with E-state index >= 15 is 0 Å². The van der Waals surface area contributed by atoms with Gasteiger partial charge in [0, 0.05) is 16.1 Å². The van der Waals surface area contributed by atoms with E-state index in [-0.39, 0.29) is 0 Å². The first-order valence-corrected chi connectivity index (χ1v) is 9.10. The summed E-state index contributed by atoms with van der Waals surface area (Å²) in [4.78, 5) is 0. The Bertz CT molecular complexity index is 429. The molecule has 1 N–H and O–H groups in total. The van der Waals surface area contributed by atoms with Gasteiger partial charge in [-0.05, 0) is 37.4 Å². The molecule has 3 heteroatoms. The Hall–Kier alpha value is -0.540. The molecule has 1 saturated carbocycles. The van der Waals surface area contributed by atoms with E-state index in [2.05, 4.69) is 46.4 Å². The molecule has 0 radical (unpaired) electrons. The maximum atomic E-state index is 5.61. The lowest BCUT2D eigenvalue weighted by atomic mass is 9.83. The van der Waals surface area contributed by atoms with Crippen molar-refractivity contribution in [2.24, 2.45) is 5.92 Å². The van der Waals surface area contributed by atoms with E-state index < -0.39 is 0 Å². The zero-order chi connectivity index (χ0) is 15.1. The number of ether oxygens (including phenoxy) is 1. The highest BCUT2D eigenvalue weighted by Gasteiger charge is 2.22. The summed E-state index contributed by atoms with van der Waals surface area (Å²) in [5.41, 5.74) is 1.31. The van der Waals surface area contributed by atoms with Gasteiger partial charge in [-0.1, -0.05) is 61.0 Å². The molecule has 1 aromatic carbocycles. The first-order chi connectivity index (χ1) is 10.2. The van der Waals surface area contributed by atoms with Crippen LogP contribution in [0.1, 0.15) is 63.5 Å². The van der Waals surface area contributed by atoms with E-state index in [1.54, 1.807) is 7.11 Å². The molecule has 0 saturated heterocycles. The summed E-state index contributed by atoms with van der Waals surface area (Å²) in [6.45, 7) is 3.29. The Morgan fingerprint density at radius 2 is 2.05 bits per heavy atom. The monoisotopic (exact) mass is 353 g/mol. The Morgan fingerprint density at radius 1 is 1.29 bits per heavy atom. The first-order valence-electron chi connectivity index (χ1n) is 8.31. The number of benzene rings is 1. The standard InChI is InChI=1S/C18H28BrNO/c1-3-11-20-17(12-14-7-5-4-6-8-14)16-10-9-15(19)13-18(16)21-2/h9-10,13-14,17,20H,3-8,11-12H2,1-2H3. The number of hydrogen-bond acceptors (Lipinski definition) is 2. The Balaban J connectivity index is 2.13. The smallest absolute Gasteiger partial charge is 0.124 e. The minimum atomic E-state index is 0.413. The SMILES string of the molecule is CCCNC(CC1CCCCC1)c1ccc(Br)cc1OC. The van der Waals surface area contributed by atoms with Gasteiger partial charge in [0.1, 0.15) is 5.75 Å². The van der Waals surface area contributed by atoms with Crippen molar-refractivity contribution in [3.63, 3.8) is 0 Å². The molecule has 2 nitrogen and oxygen atoms in total. The molecule has 1 fully saturated rings. The molecule has 2 rings (SSSR count). The maximum absolute atomic E-state index is 5.61.